The van der Waals surface area contributed by atoms with Crippen molar-refractivity contribution in [1.82, 2.24) is 4.57 Å². The summed E-state index contributed by atoms with van der Waals surface area (Å²) in [5, 5.41) is 5.25. The van der Waals surface area contributed by atoms with Gasteiger partial charge < -0.3 is 4.57 Å². The fourth-order valence-corrected chi connectivity index (χ4v) is 3.76. The topological polar surface area (TPSA) is 99.2 Å². The number of benzene rings is 1. The molecule has 0 atom stereocenters. The molecule has 1 heterocycles. The van der Waals surface area contributed by atoms with Gasteiger partial charge in [0.25, 0.3) is 0 Å². The van der Waals surface area contributed by atoms with Crippen LogP contribution in [0.15, 0.2) is 35.4 Å². The number of fused-ring (bicyclic) bond motifs is 1. The van der Waals surface area contributed by atoms with Crippen LogP contribution in [0.25, 0.3) is 10.9 Å². The molecule has 0 fully saturated rings. The monoisotopic (exact) mass is 330 g/mol. The van der Waals surface area contributed by atoms with Crippen LogP contribution in [0.5, 0.6) is 0 Å². The van der Waals surface area contributed by atoms with E-state index in [1.54, 1.807) is 42.7 Å². The SMILES string of the molecule is CC(C)S(=O)(=O)CCn1cc(S(N)(=O)=O)c2ccccc21. The molecule has 1 aromatic carbocycles. The zero-order valence-electron chi connectivity index (χ0n) is 11.9. The third-order valence-corrected chi connectivity index (χ3v) is 6.52. The molecule has 21 heavy (non-hydrogen) atoms. The number of nitrogens with two attached hydrogens (primary N) is 1. The van der Waals surface area contributed by atoms with E-state index < -0.39 is 25.1 Å². The molecule has 0 bridgehead atoms. The van der Waals surface area contributed by atoms with Crippen LogP contribution in [0, 0.1) is 0 Å². The Balaban J connectivity index is 2.47. The van der Waals surface area contributed by atoms with Gasteiger partial charge in [-0.25, -0.2) is 22.0 Å². The van der Waals surface area contributed by atoms with Gasteiger partial charge in [-0.15, -0.1) is 0 Å². The minimum Gasteiger partial charge on any atom is -0.345 e. The standard InChI is InChI=1S/C13H18N2O4S2/c1-10(2)20(16,17)8-7-15-9-13(21(14,18)19)11-5-3-4-6-12(11)15/h3-6,9-10H,7-8H2,1-2H3,(H2,14,18,19). The summed E-state index contributed by atoms with van der Waals surface area (Å²) in [6.45, 7) is 3.44. The second-order valence-electron chi connectivity index (χ2n) is 5.16. The number of sulfone groups is 1. The van der Waals surface area contributed by atoms with Crippen molar-refractivity contribution in [3.63, 3.8) is 0 Å². The number of primary sulfonamides is 1. The zero-order chi connectivity index (χ0) is 15.8. The number of aromatic nitrogens is 1. The second-order valence-corrected chi connectivity index (χ2v) is 9.37. The van der Waals surface area contributed by atoms with Gasteiger partial charge in [0.1, 0.15) is 4.90 Å². The molecule has 2 rings (SSSR count). The van der Waals surface area contributed by atoms with E-state index in [-0.39, 0.29) is 17.2 Å². The van der Waals surface area contributed by atoms with Crippen molar-refractivity contribution in [3.8, 4) is 0 Å². The number of hydrogen-bond donors (Lipinski definition) is 1. The molecule has 0 aliphatic heterocycles. The average molecular weight is 330 g/mol. The Morgan fingerprint density at radius 3 is 2.33 bits per heavy atom. The van der Waals surface area contributed by atoms with E-state index in [4.69, 9.17) is 5.14 Å². The Morgan fingerprint density at radius 2 is 1.76 bits per heavy atom. The largest absolute Gasteiger partial charge is 0.345 e. The fraction of sp³-hybridized carbons (Fsp3) is 0.385. The maximum absolute atomic E-state index is 11.9. The van der Waals surface area contributed by atoms with Crippen LogP contribution in [0.2, 0.25) is 0 Å². The van der Waals surface area contributed by atoms with Crippen LogP contribution in [0.1, 0.15) is 13.8 Å². The summed E-state index contributed by atoms with van der Waals surface area (Å²) in [6, 6.07) is 6.88. The predicted octanol–water partition coefficient (Wildman–Crippen LogP) is 1.11. The van der Waals surface area contributed by atoms with E-state index in [9.17, 15) is 16.8 Å². The van der Waals surface area contributed by atoms with E-state index in [1.807, 2.05) is 0 Å². The number of nitrogens with zero attached hydrogens (tertiary/aromatic N) is 1. The van der Waals surface area contributed by atoms with Gasteiger partial charge in [-0.3, -0.25) is 0 Å². The summed E-state index contributed by atoms with van der Waals surface area (Å²) in [5.74, 6) is -0.0482. The molecule has 2 aromatic rings. The van der Waals surface area contributed by atoms with E-state index in [0.717, 1.165) is 0 Å². The molecule has 0 spiro atoms. The van der Waals surface area contributed by atoms with Crippen molar-refractivity contribution in [2.24, 2.45) is 5.14 Å². The summed E-state index contributed by atoms with van der Waals surface area (Å²) in [4.78, 5) is 0.0139. The molecule has 0 aliphatic rings. The highest BCUT2D eigenvalue weighted by Crippen LogP contribution is 2.24. The van der Waals surface area contributed by atoms with E-state index in [0.29, 0.717) is 10.9 Å². The quantitative estimate of drug-likeness (QED) is 0.887. The highest BCUT2D eigenvalue weighted by molar-refractivity contribution is 7.92. The lowest BCUT2D eigenvalue weighted by Gasteiger charge is -2.09. The zero-order valence-corrected chi connectivity index (χ0v) is 13.5. The average Bonchev–Trinajstić information content (AvgIpc) is 2.75. The van der Waals surface area contributed by atoms with Gasteiger partial charge in [0, 0.05) is 23.6 Å². The van der Waals surface area contributed by atoms with Gasteiger partial charge in [-0.2, -0.15) is 0 Å². The molecule has 8 heteroatoms. The molecule has 0 amide bonds. The Labute approximate surface area is 124 Å². The van der Waals surface area contributed by atoms with Crippen LogP contribution in [0.3, 0.4) is 0 Å². The van der Waals surface area contributed by atoms with Crippen molar-refractivity contribution in [1.29, 1.82) is 0 Å². The van der Waals surface area contributed by atoms with Crippen LogP contribution in [0.4, 0.5) is 0 Å². The van der Waals surface area contributed by atoms with E-state index in [1.165, 1.54) is 6.20 Å². The number of para-hydroxylation sites is 1. The number of sulfonamides is 1. The first-order valence-corrected chi connectivity index (χ1v) is 9.71. The van der Waals surface area contributed by atoms with Crippen molar-refractivity contribution in [3.05, 3.63) is 30.5 Å². The summed E-state index contributed by atoms with van der Waals surface area (Å²) < 4.78 is 48.6. The van der Waals surface area contributed by atoms with Crippen LogP contribution in [-0.4, -0.2) is 32.4 Å². The molecule has 1 aromatic heterocycles. The summed E-state index contributed by atoms with van der Waals surface area (Å²) in [5.41, 5.74) is 0.653. The lowest BCUT2D eigenvalue weighted by Crippen LogP contribution is -2.21. The number of hydrogen-bond acceptors (Lipinski definition) is 4. The lowest BCUT2D eigenvalue weighted by molar-refractivity contribution is 0.581. The molecular weight excluding hydrogens is 312 g/mol. The minimum atomic E-state index is -3.85. The van der Waals surface area contributed by atoms with Crippen molar-refractivity contribution >= 4 is 30.8 Å². The summed E-state index contributed by atoms with van der Waals surface area (Å²) in [7, 11) is -7.04. The first kappa shape index (κ1) is 16.0. The maximum atomic E-state index is 11.9. The first-order chi connectivity index (χ1) is 9.63. The molecule has 0 radical (unpaired) electrons. The predicted molar refractivity (Wildman–Crippen MR) is 82.2 cm³/mol. The number of aryl methyl sites for hydroxylation is 1. The van der Waals surface area contributed by atoms with Gasteiger partial charge in [0.2, 0.25) is 10.0 Å². The van der Waals surface area contributed by atoms with Gasteiger partial charge in [0.15, 0.2) is 9.84 Å². The molecule has 0 saturated heterocycles. The summed E-state index contributed by atoms with van der Waals surface area (Å²) in [6.07, 6.45) is 1.40. The maximum Gasteiger partial charge on any atom is 0.240 e. The second kappa shape index (κ2) is 5.43. The van der Waals surface area contributed by atoms with Crippen molar-refractivity contribution in [2.45, 2.75) is 30.5 Å². The smallest absolute Gasteiger partial charge is 0.240 e. The Bertz CT molecular complexity index is 865. The van der Waals surface area contributed by atoms with E-state index in [2.05, 4.69) is 0 Å². The fourth-order valence-electron chi connectivity index (χ4n) is 2.09. The Kier molecular flexibility index (Phi) is 4.14. The number of rotatable bonds is 5. The van der Waals surface area contributed by atoms with Gasteiger partial charge in [0.05, 0.1) is 11.0 Å². The van der Waals surface area contributed by atoms with E-state index >= 15 is 0 Å². The Morgan fingerprint density at radius 1 is 1.14 bits per heavy atom. The summed E-state index contributed by atoms with van der Waals surface area (Å²) >= 11 is 0. The third kappa shape index (κ3) is 3.28. The van der Waals surface area contributed by atoms with Crippen LogP contribution in [-0.2, 0) is 26.4 Å². The highest BCUT2D eigenvalue weighted by atomic mass is 32.2. The molecule has 0 aliphatic carbocycles. The van der Waals surface area contributed by atoms with Crippen molar-refractivity contribution in [2.75, 3.05) is 5.75 Å². The molecule has 0 saturated carbocycles. The first-order valence-electron chi connectivity index (χ1n) is 6.45. The highest BCUT2D eigenvalue weighted by Gasteiger charge is 2.20. The van der Waals surface area contributed by atoms with Crippen LogP contribution >= 0.6 is 0 Å². The third-order valence-electron chi connectivity index (χ3n) is 3.39. The molecular formula is C13H18N2O4S2. The Hall–Kier alpha value is -1.38. The molecule has 116 valence electrons. The van der Waals surface area contributed by atoms with Crippen molar-refractivity contribution < 1.29 is 16.8 Å². The lowest BCUT2D eigenvalue weighted by atomic mass is 10.2. The van der Waals surface area contributed by atoms with Gasteiger partial charge >= 0.3 is 0 Å². The van der Waals surface area contributed by atoms with Gasteiger partial charge in [-0.1, -0.05) is 18.2 Å². The molecule has 6 nitrogen and oxygen atoms in total. The normalized spacial score (nSPS) is 13.1. The van der Waals surface area contributed by atoms with Crippen LogP contribution < -0.4 is 5.14 Å². The van der Waals surface area contributed by atoms with Gasteiger partial charge in [-0.05, 0) is 19.9 Å². The molecule has 2 N–H and O–H groups in total. The minimum absolute atomic E-state index is 0.0139. The molecule has 0 unspecified atom stereocenters.